The van der Waals surface area contributed by atoms with Gasteiger partial charge in [0.2, 0.25) is 5.91 Å². The number of morpholine rings is 1. The van der Waals surface area contributed by atoms with Gasteiger partial charge in [-0.25, -0.2) is 0 Å². The van der Waals surface area contributed by atoms with Crippen molar-refractivity contribution in [3.05, 3.63) is 12.3 Å². The number of rotatable bonds is 2. The summed E-state index contributed by atoms with van der Waals surface area (Å²) in [7, 11) is 0. The minimum absolute atomic E-state index is 0.0615. The summed E-state index contributed by atoms with van der Waals surface area (Å²) in [6.45, 7) is 4.35. The van der Waals surface area contributed by atoms with Gasteiger partial charge in [-0.15, -0.1) is 0 Å². The normalized spacial score (nSPS) is 18.4. The summed E-state index contributed by atoms with van der Waals surface area (Å²) in [5.41, 5.74) is 5.52. The van der Waals surface area contributed by atoms with Crippen molar-refractivity contribution in [1.82, 2.24) is 14.7 Å². The maximum Gasteiger partial charge on any atom is 0.247 e. The van der Waals surface area contributed by atoms with E-state index in [0.717, 1.165) is 0 Å². The predicted octanol–water partition coefficient (Wildman–Crippen LogP) is -0.115. The average Bonchev–Trinajstić information content (AvgIpc) is 2.75. The molecule has 1 aliphatic heterocycles. The van der Waals surface area contributed by atoms with Gasteiger partial charge in [0.1, 0.15) is 11.9 Å². The van der Waals surface area contributed by atoms with E-state index in [9.17, 15) is 4.79 Å². The smallest absolute Gasteiger partial charge is 0.247 e. The molecule has 0 bridgehead atoms. The zero-order valence-corrected chi connectivity index (χ0v) is 9.30. The zero-order valence-electron chi connectivity index (χ0n) is 9.30. The Morgan fingerprint density at radius 3 is 2.81 bits per heavy atom. The molecule has 1 aromatic rings. The molecule has 0 saturated carbocycles. The molecule has 0 radical (unpaired) electrons. The highest BCUT2D eigenvalue weighted by Gasteiger charge is 2.23. The van der Waals surface area contributed by atoms with Crippen LogP contribution in [0.25, 0.3) is 0 Å². The lowest BCUT2D eigenvalue weighted by Crippen LogP contribution is -2.43. The Balaban J connectivity index is 2.03. The second-order valence-electron chi connectivity index (χ2n) is 3.83. The van der Waals surface area contributed by atoms with Crippen LogP contribution in [-0.2, 0) is 9.53 Å². The number of aromatic nitrogens is 2. The summed E-state index contributed by atoms with van der Waals surface area (Å²) < 4.78 is 6.79. The largest absolute Gasteiger partial charge is 0.382 e. The molecule has 0 aliphatic carbocycles. The molecule has 16 heavy (non-hydrogen) atoms. The van der Waals surface area contributed by atoms with Crippen LogP contribution in [0.2, 0.25) is 0 Å². The van der Waals surface area contributed by atoms with Gasteiger partial charge in [0.15, 0.2) is 0 Å². The molecule has 0 aromatic carbocycles. The molecule has 1 amide bonds. The summed E-state index contributed by atoms with van der Waals surface area (Å²) in [5, 5.41) is 4.04. The number of anilines is 1. The molecular weight excluding hydrogens is 208 g/mol. The molecule has 2 heterocycles. The molecule has 1 aromatic heterocycles. The molecular formula is C10H16N4O2. The molecule has 1 atom stereocenters. The lowest BCUT2D eigenvalue weighted by Gasteiger charge is -2.29. The Labute approximate surface area is 94.0 Å². The van der Waals surface area contributed by atoms with Crippen LogP contribution in [0.1, 0.15) is 13.0 Å². The second kappa shape index (κ2) is 4.52. The molecule has 2 rings (SSSR count). The Hall–Kier alpha value is -1.56. The van der Waals surface area contributed by atoms with E-state index >= 15 is 0 Å². The Morgan fingerprint density at radius 1 is 1.56 bits per heavy atom. The molecule has 1 fully saturated rings. The highest BCUT2D eigenvalue weighted by molar-refractivity contribution is 5.80. The van der Waals surface area contributed by atoms with Gasteiger partial charge >= 0.3 is 0 Å². The molecule has 88 valence electrons. The third kappa shape index (κ3) is 2.16. The van der Waals surface area contributed by atoms with Crippen molar-refractivity contribution >= 4 is 11.7 Å². The van der Waals surface area contributed by atoms with Gasteiger partial charge in [0.05, 0.1) is 13.2 Å². The van der Waals surface area contributed by atoms with Crippen LogP contribution < -0.4 is 5.73 Å². The first-order valence-electron chi connectivity index (χ1n) is 5.35. The minimum Gasteiger partial charge on any atom is -0.382 e. The molecule has 1 unspecified atom stereocenters. The number of nitrogens with two attached hydrogens (primary N) is 1. The van der Waals surface area contributed by atoms with Crippen LogP contribution in [0.3, 0.4) is 0 Å². The lowest BCUT2D eigenvalue weighted by atomic mass is 10.2. The fourth-order valence-electron chi connectivity index (χ4n) is 1.73. The van der Waals surface area contributed by atoms with Crippen LogP contribution in [0, 0.1) is 0 Å². The number of carbonyl (C=O) groups is 1. The number of amides is 1. The topological polar surface area (TPSA) is 73.4 Å². The molecule has 1 saturated heterocycles. The number of hydrogen-bond donors (Lipinski definition) is 1. The zero-order chi connectivity index (χ0) is 11.5. The van der Waals surface area contributed by atoms with E-state index in [1.165, 1.54) is 0 Å². The van der Waals surface area contributed by atoms with Crippen molar-refractivity contribution in [3.8, 4) is 0 Å². The first-order valence-corrected chi connectivity index (χ1v) is 5.35. The number of ether oxygens (including phenoxy) is 1. The van der Waals surface area contributed by atoms with E-state index in [4.69, 9.17) is 10.5 Å². The third-order valence-corrected chi connectivity index (χ3v) is 2.71. The SMILES string of the molecule is CC(C(=O)N1CCOCC1)n1ccc(N)n1. The van der Waals surface area contributed by atoms with E-state index in [2.05, 4.69) is 5.10 Å². The maximum absolute atomic E-state index is 12.1. The molecule has 1 aliphatic rings. The van der Waals surface area contributed by atoms with E-state index < -0.39 is 0 Å². The van der Waals surface area contributed by atoms with Crippen molar-refractivity contribution in [2.45, 2.75) is 13.0 Å². The Bertz CT molecular complexity index is 371. The first kappa shape index (κ1) is 10.9. The third-order valence-electron chi connectivity index (χ3n) is 2.71. The second-order valence-corrected chi connectivity index (χ2v) is 3.83. The number of nitrogen functional groups attached to an aromatic ring is 1. The quantitative estimate of drug-likeness (QED) is 0.760. The highest BCUT2D eigenvalue weighted by atomic mass is 16.5. The van der Waals surface area contributed by atoms with Gasteiger partial charge in [-0.05, 0) is 13.0 Å². The van der Waals surface area contributed by atoms with Crippen molar-refractivity contribution in [1.29, 1.82) is 0 Å². The van der Waals surface area contributed by atoms with E-state index in [0.29, 0.717) is 32.1 Å². The number of carbonyl (C=O) groups excluding carboxylic acids is 1. The fourth-order valence-corrected chi connectivity index (χ4v) is 1.73. The molecule has 6 nitrogen and oxygen atoms in total. The first-order chi connectivity index (χ1) is 7.68. The van der Waals surface area contributed by atoms with Crippen molar-refractivity contribution in [2.24, 2.45) is 0 Å². The van der Waals surface area contributed by atoms with Crippen LogP contribution >= 0.6 is 0 Å². The average molecular weight is 224 g/mol. The fraction of sp³-hybridized carbons (Fsp3) is 0.600. The van der Waals surface area contributed by atoms with E-state index in [-0.39, 0.29) is 11.9 Å². The monoisotopic (exact) mass is 224 g/mol. The summed E-state index contributed by atoms with van der Waals surface area (Å²) in [6.07, 6.45) is 1.72. The van der Waals surface area contributed by atoms with Gasteiger partial charge in [-0.2, -0.15) is 5.10 Å². The van der Waals surface area contributed by atoms with Crippen molar-refractivity contribution in [3.63, 3.8) is 0 Å². The van der Waals surface area contributed by atoms with Crippen LogP contribution in [0.5, 0.6) is 0 Å². The van der Waals surface area contributed by atoms with Crippen LogP contribution in [-0.4, -0.2) is 46.9 Å². The van der Waals surface area contributed by atoms with Gasteiger partial charge in [-0.3, -0.25) is 9.48 Å². The van der Waals surface area contributed by atoms with Crippen molar-refractivity contribution in [2.75, 3.05) is 32.0 Å². The summed E-state index contributed by atoms with van der Waals surface area (Å²) >= 11 is 0. The maximum atomic E-state index is 12.1. The molecule has 6 heteroatoms. The Morgan fingerprint density at radius 2 is 2.25 bits per heavy atom. The Kier molecular flexibility index (Phi) is 3.09. The van der Waals surface area contributed by atoms with Crippen molar-refractivity contribution < 1.29 is 9.53 Å². The lowest BCUT2D eigenvalue weighted by molar-refractivity contribution is -0.138. The molecule has 0 spiro atoms. The van der Waals surface area contributed by atoms with E-state index in [1.54, 1.807) is 21.8 Å². The van der Waals surface area contributed by atoms with Crippen LogP contribution in [0.4, 0.5) is 5.82 Å². The molecule has 2 N–H and O–H groups in total. The highest BCUT2D eigenvalue weighted by Crippen LogP contribution is 2.11. The van der Waals surface area contributed by atoms with Gasteiger partial charge in [-0.1, -0.05) is 0 Å². The summed E-state index contributed by atoms with van der Waals surface area (Å²) in [5.74, 6) is 0.494. The summed E-state index contributed by atoms with van der Waals surface area (Å²) in [6, 6.07) is 1.37. The van der Waals surface area contributed by atoms with E-state index in [1.807, 2.05) is 6.92 Å². The van der Waals surface area contributed by atoms with Gasteiger partial charge in [0, 0.05) is 19.3 Å². The predicted molar refractivity (Wildman–Crippen MR) is 58.7 cm³/mol. The number of hydrogen-bond acceptors (Lipinski definition) is 4. The standard InChI is InChI=1S/C10H16N4O2/c1-8(14-3-2-9(11)12-14)10(15)13-4-6-16-7-5-13/h2-3,8H,4-7H2,1H3,(H2,11,12). The number of nitrogens with zero attached hydrogens (tertiary/aromatic N) is 3. The van der Waals surface area contributed by atoms with Gasteiger partial charge in [0.25, 0.3) is 0 Å². The van der Waals surface area contributed by atoms with Crippen LogP contribution in [0.15, 0.2) is 12.3 Å². The van der Waals surface area contributed by atoms with Gasteiger partial charge < -0.3 is 15.4 Å². The summed E-state index contributed by atoms with van der Waals surface area (Å²) in [4.78, 5) is 13.9. The minimum atomic E-state index is -0.310.